The van der Waals surface area contributed by atoms with Gasteiger partial charge in [-0.15, -0.1) is 11.3 Å². The van der Waals surface area contributed by atoms with Gasteiger partial charge in [-0.1, -0.05) is 12.1 Å². The van der Waals surface area contributed by atoms with E-state index in [1.807, 2.05) is 12.3 Å². The molecule has 2 aromatic rings. The van der Waals surface area contributed by atoms with E-state index >= 15 is 0 Å². The molecular formula is C13H16N2S. The Morgan fingerprint density at radius 1 is 1.19 bits per heavy atom. The molecule has 0 spiro atoms. The lowest BCUT2D eigenvalue weighted by Crippen LogP contribution is -2.21. The minimum atomic E-state index is 0.325. The van der Waals surface area contributed by atoms with Crippen LogP contribution in [-0.2, 0) is 0 Å². The van der Waals surface area contributed by atoms with Crippen molar-refractivity contribution >= 4 is 11.3 Å². The molecule has 3 heteroatoms. The fourth-order valence-electron chi connectivity index (χ4n) is 1.72. The Hall–Kier alpha value is -1.19. The molecule has 2 heterocycles. The first-order valence-corrected chi connectivity index (χ1v) is 6.34. The molecular weight excluding hydrogens is 216 g/mol. The van der Waals surface area contributed by atoms with E-state index in [1.165, 1.54) is 10.4 Å². The molecule has 1 N–H and O–H groups in total. The van der Waals surface area contributed by atoms with Crippen LogP contribution < -0.4 is 5.32 Å². The van der Waals surface area contributed by atoms with Gasteiger partial charge in [-0.05, 0) is 36.9 Å². The van der Waals surface area contributed by atoms with E-state index in [0.29, 0.717) is 12.1 Å². The number of nitrogens with zero attached hydrogens (tertiary/aromatic N) is 1. The standard InChI is InChI=1S/C13H16N2S/c1-10(12-5-3-7-14-9-12)15-11(2)13-6-4-8-16-13/h3-11,15H,1-2H3. The van der Waals surface area contributed by atoms with Gasteiger partial charge in [-0.25, -0.2) is 0 Å². The Morgan fingerprint density at radius 2 is 2.06 bits per heavy atom. The highest BCUT2D eigenvalue weighted by molar-refractivity contribution is 7.10. The first-order valence-electron chi connectivity index (χ1n) is 5.46. The van der Waals surface area contributed by atoms with Gasteiger partial charge < -0.3 is 5.32 Å². The third kappa shape index (κ3) is 2.68. The highest BCUT2D eigenvalue weighted by Crippen LogP contribution is 2.22. The topological polar surface area (TPSA) is 24.9 Å². The van der Waals surface area contributed by atoms with Crippen molar-refractivity contribution in [2.24, 2.45) is 0 Å². The number of hydrogen-bond acceptors (Lipinski definition) is 3. The summed E-state index contributed by atoms with van der Waals surface area (Å²) in [6.07, 6.45) is 3.72. The molecule has 16 heavy (non-hydrogen) atoms. The van der Waals surface area contributed by atoms with Crippen LogP contribution in [0.15, 0.2) is 42.0 Å². The van der Waals surface area contributed by atoms with Crippen LogP contribution in [0.5, 0.6) is 0 Å². The number of pyridine rings is 1. The molecule has 0 saturated carbocycles. The molecule has 0 saturated heterocycles. The van der Waals surface area contributed by atoms with Crippen molar-refractivity contribution in [2.75, 3.05) is 0 Å². The molecule has 2 atom stereocenters. The van der Waals surface area contributed by atoms with E-state index in [0.717, 1.165) is 0 Å². The minimum absolute atomic E-state index is 0.325. The van der Waals surface area contributed by atoms with E-state index in [-0.39, 0.29) is 0 Å². The first-order chi connectivity index (χ1) is 7.77. The van der Waals surface area contributed by atoms with E-state index in [9.17, 15) is 0 Å². The lowest BCUT2D eigenvalue weighted by Gasteiger charge is -2.19. The van der Waals surface area contributed by atoms with Crippen molar-refractivity contribution in [1.82, 2.24) is 10.3 Å². The third-order valence-electron chi connectivity index (χ3n) is 2.65. The number of aromatic nitrogens is 1. The van der Waals surface area contributed by atoms with E-state index in [2.05, 4.69) is 47.7 Å². The van der Waals surface area contributed by atoms with Crippen molar-refractivity contribution < 1.29 is 0 Å². The summed E-state index contributed by atoms with van der Waals surface area (Å²) < 4.78 is 0. The number of nitrogens with one attached hydrogen (secondary N) is 1. The van der Waals surface area contributed by atoms with Gasteiger partial charge in [0, 0.05) is 29.4 Å². The van der Waals surface area contributed by atoms with Crippen LogP contribution in [0.2, 0.25) is 0 Å². The van der Waals surface area contributed by atoms with E-state index < -0.39 is 0 Å². The Morgan fingerprint density at radius 3 is 2.69 bits per heavy atom. The monoisotopic (exact) mass is 232 g/mol. The average molecular weight is 232 g/mol. The number of thiophene rings is 1. The maximum Gasteiger partial charge on any atom is 0.0391 e. The van der Waals surface area contributed by atoms with Crippen molar-refractivity contribution in [3.05, 3.63) is 52.5 Å². The lowest BCUT2D eigenvalue weighted by molar-refractivity contribution is 0.499. The van der Waals surface area contributed by atoms with Crippen molar-refractivity contribution in [3.63, 3.8) is 0 Å². The van der Waals surface area contributed by atoms with Gasteiger partial charge in [0.2, 0.25) is 0 Å². The highest BCUT2D eigenvalue weighted by atomic mass is 32.1. The fraction of sp³-hybridized carbons (Fsp3) is 0.308. The second-order valence-electron chi connectivity index (χ2n) is 3.91. The molecule has 0 fully saturated rings. The SMILES string of the molecule is CC(NC(C)c1cccs1)c1cccnc1. The zero-order chi connectivity index (χ0) is 11.4. The number of hydrogen-bond donors (Lipinski definition) is 1. The maximum absolute atomic E-state index is 4.14. The highest BCUT2D eigenvalue weighted by Gasteiger charge is 2.11. The summed E-state index contributed by atoms with van der Waals surface area (Å²) in [5.74, 6) is 0. The summed E-state index contributed by atoms with van der Waals surface area (Å²) in [4.78, 5) is 5.51. The van der Waals surface area contributed by atoms with Gasteiger partial charge in [0.15, 0.2) is 0 Å². The molecule has 2 aromatic heterocycles. The normalized spacial score (nSPS) is 14.6. The quantitative estimate of drug-likeness (QED) is 0.872. The van der Waals surface area contributed by atoms with E-state index in [1.54, 1.807) is 17.5 Å². The number of rotatable bonds is 4. The first kappa shape index (κ1) is 11.3. The molecule has 2 nitrogen and oxygen atoms in total. The molecule has 84 valence electrons. The Kier molecular flexibility index (Phi) is 3.70. The van der Waals surface area contributed by atoms with Crippen LogP contribution in [0.4, 0.5) is 0 Å². The van der Waals surface area contributed by atoms with Crippen LogP contribution in [0.25, 0.3) is 0 Å². The predicted molar refractivity (Wildman–Crippen MR) is 68.5 cm³/mol. The minimum Gasteiger partial charge on any atom is -0.303 e. The van der Waals surface area contributed by atoms with Gasteiger partial charge in [0.05, 0.1) is 0 Å². The zero-order valence-corrected chi connectivity index (χ0v) is 10.4. The smallest absolute Gasteiger partial charge is 0.0391 e. The van der Waals surface area contributed by atoms with Gasteiger partial charge in [-0.3, -0.25) is 4.98 Å². The van der Waals surface area contributed by atoms with E-state index in [4.69, 9.17) is 0 Å². The second-order valence-corrected chi connectivity index (χ2v) is 4.89. The van der Waals surface area contributed by atoms with Gasteiger partial charge in [0.1, 0.15) is 0 Å². The average Bonchev–Trinajstić information content (AvgIpc) is 2.83. The van der Waals surface area contributed by atoms with Gasteiger partial charge >= 0.3 is 0 Å². The van der Waals surface area contributed by atoms with Crippen LogP contribution >= 0.6 is 11.3 Å². The fourth-order valence-corrected chi connectivity index (χ4v) is 2.47. The molecule has 0 aromatic carbocycles. The maximum atomic E-state index is 4.14. The van der Waals surface area contributed by atoms with Crippen molar-refractivity contribution in [1.29, 1.82) is 0 Å². The summed E-state index contributed by atoms with van der Waals surface area (Å²) in [6, 6.07) is 9.04. The summed E-state index contributed by atoms with van der Waals surface area (Å²) in [7, 11) is 0. The van der Waals surface area contributed by atoms with Crippen LogP contribution in [0.1, 0.15) is 36.4 Å². The summed E-state index contributed by atoms with van der Waals surface area (Å²) in [6.45, 7) is 4.36. The molecule has 0 aliphatic carbocycles. The second kappa shape index (κ2) is 5.23. The largest absolute Gasteiger partial charge is 0.303 e. The molecule has 0 bridgehead atoms. The van der Waals surface area contributed by atoms with Gasteiger partial charge in [0.25, 0.3) is 0 Å². The third-order valence-corrected chi connectivity index (χ3v) is 3.71. The molecule has 0 radical (unpaired) electrons. The molecule has 0 aliphatic heterocycles. The Bertz CT molecular complexity index is 411. The molecule has 0 aliphatic rings. The zero-order valence-electron chi connectivity index (χ0n) is 9.55. The van der Waals surface area contributed by atoms with Crippen molar-refractivity contribution in [2.45, 2.75) is 25.9 Å². The summed E-state index contributed by atoms with van der Waals surface area (Å²) >= 11 is 1.79. The van der Waals surface area contributed by atoms with Crippen LogP contribution in [0, 0.1) is 0 Å². The summed E-state index contributed by atoms with van der Waals surface area (Å²) in [5, 5.41) is 5.68. The predicted octanol–water partition coefficient (Wildman–Crippen LogP) is 3.55. The lowest BCUT2D eigenvalue weighted by atomic mass is 10.1. The van der Waals surface area contributed by atoms with Gasteiger partial charge in [-0.2, -0.15) is 0 Å². The Labute approximate surface area is 100 Å². The summed E-state index contributed by atoms with van der Waals surface area (Å²) in [5.41, 5.74) is 1.23. The molecule has 2 unspecified atom stereocenters. The molecule has 0 amide bonds. The van der Waals surface area contributed by atoms with Crippen LogP contribution in [0.3, 0.4) is 0 Å². The Balaban J connectivity index is 2.00. The molecule has 2 rings (SSSR count). The van der Waals surface area contributed by atoms with Crippen molar-refractivity contribution in [3.8, 4) is 0 Å². The van der Waals surface area contributed by atoms with Crippen LogP contribution in [-0.4, -0.2) is 4.98 Å².